The van der Waals surface area contributed by atoms with Crippen LogP contribution in [-0.2, 0) is 21.3 Å². The number of likely N-dealkylation sites (tertiary alicyclic amines) is 1. The predicted octanol–water partition coefficient (Wildman–Crippen LogP) is 2.72. The average Bonchev–Trinajstić information content (AvgIpc) is 3.31. The number of hydrogen-bond acceptors (Lipinski definition) is 6. The topological polar surface area (TPSA) is 92.1 Å². The summed E-state index contributed by atoms with van der Waals surface area (Å²) < 4.78 is 38.5. The molecule has 1 aromatic carbocycles. The molecule has 0 radical (unpaired) electrons. The molecule has 2 aromatic rings. The zero-order chi connectivity index (χ0) is 23.4. The van der Waals surface area contributed by atoms with Gasteiger partial charge in [0.2, 0.25) is 10.0 Å². The Balaban J connectivity index is 1.28. The summed E-state index contributed by atoms with van der Waals surface area (Å²) in [5.74, 6) is 1.07. The van der Waals surface area contributed by atoms with E-state index in [0.717, 1.165) is 45.6 Å². The quantitative estimate of drug-likeness (QED) is 0.662. The number of benzene rings is 1. The van der Waals surface area contributed by atoms with Crippen molar-refractivity contribution in [3.8, 4) is 0 Å². The Morgan fingerprint density at radius 1 is 1.06 bits per heavy atom. The number of hydrogen-bond donors (Lipinski definition) is 1. The zero-order valence-corrected chi connectivity index (χ0v) is 20.1. The summed E-state index contributed by atoms with van der Waals surface area (Å²) in [6.45, 7) is 8.76. The minimum atomic E-state index is -3.68. The number of nitrogens with zero attached hydrogens (tertiary/aromatic N) is 2. The van der Waals surface area contributed by atoms with Crippen molar-refractivity contribution in [3.63, 3.8) is 0 Å². The molecule has 3 heterocycles. The Hall–Kier alpha value is -2.20. The average molecular weight is 476 g/mol. The molecule has 2 saturated heterocycles. The van der Waals surface area contributed by atoms with Crippen molar-refractivity contribution < 1.29 is 22.4 Å². The molecule has 0 bridgehead atoms. The SMILES string of the molecule is CC1CN(CC2CCN(C(=O)c3ccc(S(=O)(=O)NCc4ccco4)cc3)CC2)CC(C)O1. The maximum absolute atomic E-state index is 12.9. The van der Waals surface area contributed by atoms with E-state index in [0.29, 0.717) is 17.2 Å². The molecule has 9 heteroatoms. The van der Waals surface area contributed by atoms with Crippen molar-refractivity contribution in [1.82, 2.24) is 14.5 Å². The van der Waals surface area contributed by atoms with Gasteiger partial charge in [-0.05, 0) is 69.0 Å². The number of sulfonamides is 1. The van der Waals surface area contributed by atoms with E-state index >= 15 is 0 Å². The van der Waals surface area contributed by atoms with Crippen LogP contribution in [0.25, 0.3) is 0 Å². The Bertz CT molecular complexity index is 1000. The van der Waals surface area contributed by atoms with Crippen molar-refractivity contribution in [3.05, 3.63) is 54.0 Å². The Morgan fingerprint density at radius 3 is 2.33 bits per heavy atom. The normalized spacial score (nSPS) is 23.0. The first-order valence-corrected chi connectivity index (χ1v) is 13.1. The van der Waals surface area contributed by atoms with Gasteiger partial charge in [0.15, 0.2) is 0 Å². The highest BCUT2D eigenvalue weighted by atomic mass is 32.2. The van der Waals surface area contributed by atoms with Crippen LogP contribution in [0.5, 0.6) is 0 Å². The van der Waals surface area contributed by atoms with Gasteiger partial charge in [0.25, 0.3) is 5.91 Å². The van der Waals surface area contributed by atoms with Gasteiger partial charge < -0.3 is 14.1 Å². The number of furan rings is 1. The summed E-state index contributed by atoms with van der Waals surface area (Å²) in [5.41, 5.74) is 0.509. The van der Waals surface area contributed by atoms with Gasteiger partial charge in [0.1, 0.15) is 5.76 Å². The van der Waals surface area contributed by atoms with E-state index < -0.39 is 10.0 Å². The number of rotatable bonds is 7. The van der Waals surface area contributed by atoms with E-state index in [1.165, 1.54) is 18.4 Å². The van der Waals surface area contributed by atoms with Gasteiger partial charge in [0.05, 0.1) is 29.9 Å². The first kappa shape index (κ1) is 23.9. The lowest BCUT2D eigenvalue weighted by Crippen LogP contribution is -2.48. The number of ether oxygens (including phenoxy) is 1. The molecule has 1 amide bonds. The number of amides is 1. The lowest BCUT2D eigenvalue weighted by Gasteiger charge is -2.39. The van der Waals surface area contributed by atoms with Crippen LogP contribution in [0.4, 0.5) is 0 Å². The van der Waals surface area contributed by atoms with Crippen LogP contribution in [-0.4, -0.2) is 69.1 Å². The van der Waals surface area contributed by atoms with Crippen LogP contribution < -0.4 is 4.72 Å². The van der Waals surface area contributed by atoms with Gasteiger partial charge in [-0.15, -0.1) is 0 Å². The molecule has 2 atom stereocenters. The summed E-state index contributed by atoms with van der Waals surface area (Å²) in [7, 11) is -3.68. The van der Waals surface area contributed by atoms with Crippen LogP contribution in [0.3, 0.4) is 0 Å². The largest absolute Gasteiger partial charge is 0.468 e. The van der Waals surface area contributed by atoms with Gasteiger partial charge in [-0.3, -0.25) is 9.69 Å². The summed E-state index contributed by atoms with van der Waals surface area (Å²) in [5, 5.41) is 0. The molecule has 0 aliphatic carbocycles. The lowest BCUT2D eigenvalue weighted by molar-refractivity contribution is -0.0728. The first-order chi connectivity index (χ1) is 15.8. The molecule has 2 fully saturated rings. The molecule has 33 heavy (non-hydrogen) atoms. The molecule has 2 unspecified atom stereocenters. The highest BCUT2D eigenvalue weighted by molar-refractivity contribution is 7.89. The predicted molar refractivity (Wildman–Crippen MR) is 124 cm³/mol. The molecule has 0 spiro atoms. The lowest BCUT2D eigenvalue weighted by atomic mass is 9.95. The number of carbonyl (C=O) groups excluding carboxylic acids is 1. The number of carbonyl (C=O) groups is 1. The van der Waals surface area contributed by atoms with Gasteiger partial charge in [0, 0.05) is 38.3 Å². The zero-order valence-electron chi connectivity index (χ0n) is 19.3. The molecule has 1 aromatic heterocycles. The second kappa shape index (κ2) is 10.4. The fraction of sp³-hybridized carbons (Fsp3) is 0.542. The highest BCUT2D eigenvalue weighted by Gasteiger charge is 2.28. The highest BCUT2D eigenvalue weighted by Crippen LogP contribution is 2.22. The van der Waals surface area contributed by atoms with Crippen LogP contribution in [0.1, 0.15) is 42.8 Å². The fourth-order valence-corrected chi connectivity index (χ4v) is 5.73. The van der Waals surface area contributed by atoms with Crippen LogP contribution in [0, 0.1) is 5.92 Å². The molecule has 4 rings (SSSR count). The molecular weight excluding hydrogens is 442 g/mol. The molecule has 8 nitrogen and oxygen atoms in total. The smallest absolute Gasteiger partial charge is 0.253 e. The minimum Gasteiger partial charge on any atom is -0.468 e. The van der Waals surface area contributed by atoms with Crippen molar-refractivity contribution in [1.29, 1.82) is 0 Å². The van der Waals surface area contributed by atoms with E-state index in [-0.39, 0.29) is 29.6 Å². The van der Waals surface area contributed by atoms with Crippen molar-refractivity contribution >= 4 is 15.9 Å². The Kier molecular flexibility index (Phi) is 7.53. The van der Waals surface area contributed by atoms with E-state index in [4.69, 9.17) is 9.15 Å². The Morgan fingerprint density at radius 2 is 1.73 bits per heavy atom. The van der Waals surface area contributed by atoms with Gasteiger partial charge in [-0.1, -0.05) is 0 Å². The molecule has 180 valence electrons. The number of nitrogens with one attached hydrogen (secondary N) is 1. The number of piperidine rings is 1. The Labute approximate surface area is 195 Å². The van der Waals surface area contributed by atoms with E-state index in [2.05, 4.69) is 23.5 Å². The van der Waals surface area contributed by atoms with Crippen molar-refractivity contribution in [2.75, 3.05) is 32.7 Å². The van der Waals surface area contributed by atoms with Crippen LogP contribution in [0.2, 0.25) is 0 Å². The molecule has 0 saturated carbocycles. The van der Waals surface area contributed by atoms with E-state index in [1.54, 1.807) is 24.3 Å². The maximum atomic E-state index is 12.9. The van der Waals surface area contributed by atoms with Crippen molar-refractivity contribution in [2.45, 2.75) is 50.3 Å². The molecule has 1 N–H and O–H groups in total. The summed E-state index contributed by atoms with van der Waals surface area (Å²) in [6, 6.07) is 9.54. The number of morpholine rings is 1. The minimum absolute atomic E-state index is 0.0467. The summed E-state index contributed by atoms with van der Waals surface area (Å²) in [4.78, 5) is 17.4. The van der Waals surface area contributed by atoms with Crippen LogP contribution >= 0.6 is 0 Å². The van der Waals surface area contributed by atoms with Gasteiger partial charge in [-0.2, -0.15) is 0 Å². The molecule has 2 aliphatic rings. The molecule has 2 aliphatic heterocycles. The summed E-state index contributed by atoms with van der Waals surface area (Å²) in [6.07, 6.45) is 3.99. The standard InChI is InChI=1S/C24H33N3O5S/c1-18-15-26(16-19(2)32-18)17-20-9-11-27(12-10-20)24(28)21-5-7-23(8-6-21)33(29,30)25-14-22-4-3-13-31-22/h3-8,13,18-20,25H,9-12,14-17H2,1-2H3. The summed E-state index contributed by atoms with van der Waals surface area (Å²) >= 11 is 0. The third-order valence-electron chi connectivity index (χ3n) is 6.34. The fourth-order valence-electron chi connectivity index (χ4n) is 4.74. The second-order valence-electron chi connectivity index (χ2n) is 9.14. The van der Waals surface area contributed by atoms with Crippen molar-refractivity contribution in [2.24, 2.45) is 5.92 Å². The van der Waals surface area contributed by atoms with Gasteiger partial charge in [-0.25, -0.2) is 13.1 Å². The first-order valence-electron chi connectivity index (χ1n) is 11.6. The van der Waals surface area contributed by atoms with Crippen LogP contribution in [0.15, 0.2) is 52.0 Å². The third-order valence-corrected chi connectivity index (χ3v) is 7.76. The third kappa shape index (κ3) is 6.23. The monoisotopic (exact) mass is 475 g/mol. The molecular formula is C24H33N3O5S. The van der Waals surface area contributed by atoms with E-state index in [1.807, 2.05) is 4.90 Å². The van der Waals surface area contributed by atoms with E-state index in [9.17, 15) is 13.2 Å². The maximum Gasteiger partial charge on any atom is 0.253 e. The van der Waals surface area contributed by atoms with Gasteiger partial charge >= 0.3 is 0 Å². The second-order valence-corrected chi connectivity index (χ2v) is 10.9.